The van der Waals surface area contributed by atoms with E-state index in [-0.39, 0.29) is 5.91 Å². The van der Waals surface area contributed by atoms with Gasteiger partial charge in [0.2, 0.25) is 5.75 Å². The van der Waals surface area contributed by atoms with Crippen LogP contribution < -0.4 is 24.4 Å². The number of hydrogen-bond acceptors (Lipinski definition) is 6. The Morgan fingerprint density at radius 2 is 1.68 bits per heavy atom. The van der Waals surface area contributed by atoms with Gasteiger partial charge in [-0.1, -0.05) is 18.2 Å². The quantitative estimate of drug-likeness (QED) is 0.463. The average Bonchev–Trinajstić information content (AvgIpc) is 3.25. The molecule has 0 saturated heterocycles. The summed E-state index contributed by atoms with van der Waals surface area (Å²) in [7, 11) is 4.58. The van der Waals surface area contributed by atoms with Gasteiger partial charge >= 0.3 is 0 Å². The Bertz CT molecular complexity index is 1340. The molecule has 0 aliphatic carbocycles. The predicted molar refractivity (Wildman–Crippen MR) is 131 cm³/mol. The van der Waals surface area contributed by atoms with Crippen molar-refractivity contribution in [2.24, 2.45) is 0 Å². The third kappa shape index (κ3) is 3.87. The first-order valence-electron chi connectivity index (χ1n) is 11.0. The van der Waals surface area contributed by atoms with E-state index >= 15 is 0 Å². The lowest BCUT2D eigenvalue weighted by molar-refractivity contribution is 0.102. The Hall–Kier alpha value is -4.20. The molecule has 0 atom stereocenters. The van der Waals surface area contributed by atoms with Crippen molar-refractivity contribution < 1.29 is 19.0 Å². The van der Waals surface area contributed by atoms with Crippen molar-refractivity contribution in [2.45, 2.75) is 13.1 Å². The number of anilines is 2. The van der Waals surface area contributed by atoms with Crippen molar-refractivity contribution >= 4 is 28.3 Å². The molecule has 8 heteroatoms. The highest BCUT2D eigenvalue weighted by molar-refractivity contribution is 6.05. The number of aromatic nitrogens is 2. The van der Waals surface area contributed by atoms with Crippen molar-refractivity contribution in [2.75, 3.05) is 38.1 Å². The van der Waals surface area contributed by atoms with Gasteiger partial charge in [0.05, 0.1) is 38.9 Å². The molecule has 1 aliphatic rings. The molecule has 0 fully saturated rings. The van der Waals surface area contributed by atoms with Gasteiger partial charge < -0.3 is 29.0 Å². The molecule has 0 unspecified atom stereocenters. The summed E-state index contributed by atoms with van der Waals surface area (Å²) in [4.78, 5) is 20.1. The molecule has 5 rings (SSSR count). The van der Waals surface area contributed by atoms with Crippen LogP contribution in [-0.4, -0.2) is 43.3 Å². The second-order valence-electron chi connectivity index (χ2n) is 8.01. The molecule has 1 N–H and O–H groups in total. The van der Waals surface area contributed by atoms with Gasteiger partial charge in [-0.15, -0.1) is 0 Å². The molecule has 0 radical (unpaired) electrons. The Labute approximate surface area is 197 Å². The molecule has 1 amide bonds. The fraction of sp³-hybridized carbons (Fsp3) is 0.231. The largest absolute Gasteiger partial charge is 0.493 e. The van der Waals surface area contributed by atoms with Gasteiger partial charge in [-0.25, -0.2) is 4.98 Å². The maximum atomic E-state index is 13.0. The number of carbonyl (C=O) groups is 1. The van der Waals surface area contributed by atoms with Crippen LogP contribution in [0.1, 0.15) is 16.2 Å². The minimum absolute atomic E-state index is 0.267. The number of imidazole rings is 1. The second kappa shape index (κ2) is 8.97. The summed E-state index contributed by atoms with van der Waals surface area (Å²) in [5.41, 5.74) is 4.33. The third-order valence-corrected chi connectivity index (χ3v) is 6.06. The topological polar surface area (TPSA) is 77.9 Å². The third-order valence-electron chi connectivity index (χ3n) is 6.06. The summed E-state index contributed by atoms with van der Waals surface area (Å²) in [5.74, 6) is 2.07. The SMILES string of the molecule is COc1cc(C(=O)Nc2cccc(N3CCn4c(nc5ccccc54)C3)c2)cc(OC)c1OC. The van der Waals surface area contributed by atoms with Crippen LogP contribution in [-0.2, 0) is 13.1 Å². The van der Waals surface area contributed by atoms with Crippen LogP contribution in [0.3, 0.4) is 0 Å². The first-order valence-corrected chi connectivity index (χ1v) is 11.0. The number of ether oxygens (including phenoxy) is 3. The highest BCUT2D eigenvalue weighted by Crippen LogP contribution is 2.38. The molecule has 0 spiro atoms. The summed E-state index contributed by atoms with van der Waals surface area (Å²) >= 11 is 0. The fourth-order valence-corrected chi connectivity index (χ4v) is 4.38. The zero-order valence-electron chi connectivity index (χ0n) is 19.4. The summed E-state index contributed by atoms with van der Waals surface area (Å²) in [6, 6.07) is 19.3. The molecular weight excluding hydrogens is 432 g/mol. The molecule has 3 aromatic carbocycles. The number of carbonyl (C=O) groups excluding carboxylic acids is 1. The average molecular weight is 459 g/mol. The van der Waals surface area contributed by atoms with Gasteiger partial charge in [0, 0.05) is 30.0 Å². The van der Waals surface area contributed by atoms with E-state index in [2.05, 4.69) is 20.9 Å². The number of rotatable bonds is 6. The summed E-state index contributed by atoms with van der Waals surface area (Å²) < 4.78 is 18.4. The number of amides is 1. The van der Waals surface area contributed by atoms with E-state index in [1.807, 2.05) is 42.5 Å². The van der Waals surface area contributed by atoms with Crippen molar-refractivity contribution in [3.8, 4) is 17.2 Å². The monoisotopic (exact) mass is 458 g/mol. The zero-order valence-corrected chi connectivity index (χ0v) is 19.4. The van der Waals surface area contributed by atoms with Crippen LogP contribution in [0.5, 0.6) is 17.2 Å². The number of methoxy groups -OCH3 is 3. The summed E-state index contributed by atoms with van der Waals surface area (Å²) in [6.07, 6.45) is 0. The van der Waals surface area contributed by atoms with Crippen LogP contribution in [0.25, 0.3) is 11.0 Å². The summed E-state index contributed by atoms with van der Waals surface area (Å²) in [5, 5.41) is 2.98. The minimum atomic E-state index is -0.267. The first kappa shape index (κ1) is 21.6. The van der Waals surface area contributed by atoms with E-state index in [4.69, 9.17) is 19.2 Å². The molecule has 174 valence electrons. The smallest absolute Gasteiger partial charge is 0.255 e. The Morgan fingerprint density at radius 3 is 2.41 bits per heavy atom. The lowest BCUT2D eigenvalue weighted by Gasteiger charge is -2.30. The summed E-state index contributed by atoms with van der Waals surface area (Å²) in [6.45, 7) is 2.43. The molecular formula is C26H26N4O4. The molecule has 4 aromatic rings. The highest BCUT2D eigenvalue weighted by Gasteiger charge is 2.21. The Kier molecular flexibility index (Phi) is 5.71. The Balaban J connectivity index is 1.36. The number of nitrogens with zero attached hydrogens (tertiary/aromatic N) is 3. The predicted octanol–water partition coefficient (Wildman–Crippen LogP) is 4.33. The van der Waals surface area contributed by atoms with E-state index in [1.165, 1.54) is 26.8 Å². The molecule has 1 aromatic heterocycles. The molecule has 1 aliphatic heterocycles. The van der Waals surface area contributed by atoms with E-state index in [0.717, 1.165) is 30.1 Å². The number of nitrogens with one attached hydrogen (secondary N) is 1. The maximum absolute atomic E-state index is 13.0. The normalized spacial score (nSPS) is 12.9. The number of fused-ring (bicyclic) bond motifs is 3. The standard InChI is InChI=1S/C26H26N4O4/c1-32-22-13-17(14-23(33-2)25(22)34-3)26(31)27-18-7-6-8-19(15-18)29-11-12-30-21-10-5-4-9-20(21)28-24(30)16-29/h4-10,13-15H,11-12,16H2,1-3H3,(H,27,31). The molecule has 34 heavy (non-hydrogen) atoms. The van der Waals surface area contributed by atoms with Crippen molar-refractivity contribution in [3.63, 3.8) is 0 Å². The van der Waals surface area contributed by atoms with Crippen molar-refractivity contribution in [1.29, 1.82) is 0 Å². The molecule has 8 nitrogen and oxygen atoms in total. The van der Waals surface area contributed by atoms with E-state index in [9.17, 15) is 4.79 Å². The lowest BCUT2D eigenvalue weighted by atomic mass is 10.1. The van der Waals surface area contributed by atoms with Gasteiger partial charge in [0.1, 0.15) is 5.82 Å². The molecule has 0 bridgehead atoms. The number of hydrogen-bond donors (Lipinski definition) is 1. The van der Waals surface area contributed by atoms with Crippen LogP contribution in [0.4, 0.5) is 11.4 Å². The van der Waals surface area contributed by atoms with Gasteiger partial charge in [-0.2, -0.15) is 0 Å². The van der Waals surface area contributed by atoms with Gasteiger partial charge in [0.15, 0.2) is 11.5 Å². The van der Waals surface area contributed by atoms with Crippen LogP contribution in [0, 0.1) is 0 Å². The minimum Gasteiger partial charge on any atom is -0.493 e. The van der Waals surface area contributed by atoms with Crippen molar-refractivity contribution in [3.05, 3.63) is 72.1 Å². The Morgan fingerprint density at radius 1 is 0.912 bits per heavy atom. The number of benzene rings is 3. The fourth-order valence-electron chi connectivity index (χ4n) is 4.38. The molecule has 2 heterocycles. The highest BCUT2D eigenvalue weighted by atomic mass is 16.5. The van der Waals surface area contributed by atoms with Crippen LogP contribution in [0.15, 0.2) is 60.7 Å². The van der Waals surface area contributed by atoms with Gasteiger partial charge in [-0.3, -0.25) is 4.79 Å². The van der Waals surface area contributed by atoms with Crippen LogP contribution >= 0.6 is 0 Å². The van der Waals surface area contributed by atoms with Crippen molar-refractivity contribution in [1.82, 2.24) is 9.55 Å². The second-order valence-corrected chi connectivity index (χ2v) is 8.01. The van der Waals surface area contributed by atoms with Gasteiger partial charge in [0.25, 0.3) is 5.91 Å². The van der Waals surface area contributed by atoms with E-state index in [0.29, 0.717) is 35.0 Å². The zero-order chi connectivity index (χ0) is 23.7. The van der Waals surface area contributed by atoms with Gasteiger partial charge in [-0.05, 0) is 42.5 Å². The van der Waals surface area contributed by atoms with E-state index < -0.39 is 0 Å². The number of para-hydroxylation sites is 2. The maximum Gasteiger partial charge on any atom is 0.255 e. The lowest BCUT2D eigenvalue weighted by Crippen LogP contribution is -2.33. The molecule has 0 saturated carbocycles. The first-order chi connectivity index (χ1) is 16.6. The van der Waals surface area contributed by atoms with E-state index in [1.54, 1.807) is 12.1 Å². The van der Waals surface area contributed by atoms with Crippen LogP contribution in [0.2, 0.25) is 0 Å².